The number of carboxylic acid groups (broad SMARTS) is 2. The molecule has 0 aliphatic heterocycles. The summed E-state index contributed by atoms with van der Waals surface area (Å²) in [5.74, 6) is -13.1. The first-order valence-corrected chi connectivity index (χ1v) is 25.2. The lowest BCUT2D eigenvalue weighted by Crippen LogP contribution is -2.39. The Balaban J connectivity index is 0.000000213. The molecule has 0 saturated heterocycles. The summed E-state index contributed by atoms with van der Waals surface area (Å²) < 4.78 is 39.1. The van der Waals surface area contributed by atoms with Crippen molar-refractivity contribution >= 4 is 93.1 Å². The number of carbonyl (C=O) groups excluding carboxylic acids is 6. The van der Waals surface area contributed by atoms with Crippen LogP contribution in [0.1, 0.15) is 97.0 Å². The van der Waals surface area contributed by atoms with Crippen molar-refractivity contribution in [2.24, 2.45) is 11.5 Å². The molecule has 0 unspecified atom stereocenters. The molecule has 34 nitrogen and oxygen atoms in total. The van der Waals surface area contributed by atoms with Gasteiger partial charge in [-0.1, -0.05) is 36.4 Å². The largest absolute Gasteiger partial charge is 0.478 e. The number of carbonyl (C=O) groups is 8. The highest BCUT2D eigenvalue weighted by Crippen LogP contribution is 2.25. The fourth-order valence-electron chi connectivity index (χ4n) is 8.40. The second-order valence-corrected chi connectivity index (χ2v) is 18.8. The molecule has 0 fully saturated rings. The Morgan fingerprint density at radius 3 is 1.27 bits per heavy atom. The number of hydrogen-bond acceptors (Lipinski definition) is 24. The maximum atomic E-state index is 14.3. The van der Waals surface area contributed by atoms with E-state index >= 15 is 0 Å². The molecule has 2 atom stereocenters. The number of halogens is 2. The van der Waals surface area contributed by atoms with Crippen molar-refractivity contribution in [2.75, 3.05) is 22.1 Å². The quantitative estimate of drug-likeness (QED) is 0.0393. The molecule has 4 aromatic heterocycles. The predicted octanol–water partition coefficient (Wildman–Crippen LogP) is -1.34. The maximum Gasteiger partial charge on any atom is 0.448 e. The topological polar surface area (TPSA) is 542 Å². The number of nitrogens with zero attached hydrogens (tertiary/aromatic N) is 6. The van der Waals surface area contributed by atoms with Gasteiger partial charge in [0.2, 0.25) is 11.8 Å². The molecule has 0 aliphatic carbocycles. The van der Waals surface area contributed by atoms with Gasteiger partial charge in [0.15, 0.2) is 0 Å². The predicted molar refractivity (Wildman–Crippen MR) is 302 cm³/mol. The number of hydrogen-bond donors (Lipinski definition) is 12. The fourth-order valence-corrected chi connectivity index (χ4v) is 8.40. The summed E-state index contributed by atoms with van der Waals surface area (Å²) in [6.07, 6.45) is 0. The molecule has 456 valence electrons. The van der Waals surface area contributed by atoms with Crippen LogP contribution in [0.2, 0.25) is 0 Å². The molecule has 0 saturated carbocycles. The molecule has 4 heterocycles. The van der Waals surface area contributed by atoms with Gasteiger partial charge in [-0.25, -0.2) is 46.7 Å². The number of nitrogens with two attached hydrogens (primary N) is 4. The zero-order chi connectivity index (χ0) is 65.2. The summed E-state index contributed by atoms with van der Waals surface area (Å²) in [5, 5.41) is 39.6. The minimum Gasteiger partial charge on any atom is -0.478 e. The monoisotopic (exact) mass is 1240 g/mol. The molecule has 0 spiro atoms. The Hall–Kier alpha value is -13.4. The Morgan fingerprint density at radius 1 is 0.500 bits per heavy atom. The highest BCUT2D eigenvalue weighted by Gasteiger charge is 2.29. The second-order valence-electron chi connectivity index (χ2n) is 18.8. The molecule has 90 heavy (non-hydrogen) atoms. The summed E-state index contributed by atoms with van der Waals surface area (Å²) in [6.45, 7) is -0.470. The first-order valence-electron chi connectivity index (χ1n) is 25.2. The Bertz CT molecular complexity index is 4940. The summed E-state index contributed by atoms with van der Waals surface area (Å²) in [5.41, 5.74) is 15.5. The van der Waals surface area contributed by atoms with Gasteiger partial charge in [0.1, 0.15) is 69.2 Å². The molecule has 6 aromatic carbocycles. The van der Waals surface area contributed by atoms with E-state index in [0.717, 1.165) is 24.3 Å². The summed E-state index contributed by atoms with van der Waals surface area (Å²) in [7, 11) is 0. The molecule has 10 rings (SSSR count). The van der Waals surface area contributed by atoms with Gasteiger partial charge < -0.3 is 65.0 Å². The van der Waals surface area contributed by atoms with E-state index in [1.807, 2.05) is 0 Å². The Morgan fingerprint density at radius 2 is 0.878 bits per heavy atom. The summed E-state index contributed by atoms with van der Waals surface area (Å²) in [4.78, 5) is 178. The van der Waals surface area contributed by atoms with Crippen LogP contribution in [-0.4, -0.2) is 86.7 Å². The molecule has 36 heteroatoms. The van der Waals surface area contributed by atoms with Crippen LogP contribution < -0.4 is 88.1 Å². The number of rotatable bonds is 20. The number of aromatic carboxylic acids is 2. The van der Waals surface area contributed by atoms with E-state index in [9.17, 15) is 75.9 Å². The van der Waals surface area contributed by atoms with Crippen LogP contribution >= 0.6 is 0 Å². The standard InChI is InChI=1S/2C27H19FN8O9/c28-13-6-1-10(7-14(13)32-19-17(29)20(37)21(19)38)9-31-24(41)16-8-15(33-26-35-45-27(44)36(16)26)23(40)34-18(22(30)39)11-2-4-12(5-3-11)25(42)43;28-13-6-1-10(7-14(13)32-19-17(29)20(37)21(19)38)9-31-23(40)15-8-16(36-26(33-15)35-45-27(36)44)24(41)34-18(22(30)39)11-2-4-12(5-3-11)25(42)43/h1-8,18,32H,9,29H2,(H2,30,39)(H,31,41)(H,34,40)(H,42,43);1-8,18,32H,9,29H2,(H2,30,39)(H,31,40)(H,34,41)(H,42,43)/t2*18-/m11/s1. The van der Waals surface area contributed by atoms with E-state index in [2.05, 4.69) is 61.2 Å². The number of amides is 6. The van der Waals surface area contributed by atoms with E-state index in [4.69, 9.17) is 33.1 Å². The smallest absolute Gasteiger partial charge is 0.448 e. The number of nitrogen functional groups attached to an aromatic ring is 2. The van der Waals surface area contributed by atoms with Crippen LogP contribution in [0.5, 0.6) is 0 Å². The van der Waals surface area contributed by atoms with Crippen molar-refractivity contribution in [3.63, 3.8) is 0 Å². The fraction of sp³-hybridized carbons (Fsp3) is 0.0741. The van der Waals surface area contributed by atoms with E-state index in [1.165, 1.54) is 72.8 Å². The summed E-state index contributed by atoms with van der Waals surface area (Å²) in [6, 6.07) is 16.0. The third-order valence-electron chi connectivity index (χ3n) is 13.1. The van der Waals surface area contributed by atoms with Crippen molar-refractivity contribution in [1.29, 1.82) is 0 Å². The lowest BCUT2D eigenvalue weighted by molar-refractivity contribution is -0.120. The number of anilines is 6. The van der Waals surface area contributed by atoms with Crippen LogP contribution in [0.3, 0.4) is 0 Å². The van der Waals surface area contributed by atoms with Crippen LogP contribution in [0.4, 0.5) is 42.9 Å². The number of aromatic nitrogens is 6. The molecule has 10 aromatic rings. The lowest BCUT2D eigenvalue weighted by Gasteiger charge is -2.16. The summed E-state index contributed by atoms with van der Waals surface area (Å²) >= 11 is 0. The van der Waals surface area contributed by atoms with Gasteiger partial charge in [-0.3, -0.25) is 57.0 Å². The average Bonchev–Trinajstić information content (AvgIpc) is 1.45. The average molecular weight is 1240 g/mol. The maximum absolute atomic E-state index is 14.3. The van der Waals surface area contributed by atoms with Gasteiger partial charge in [-0.15, -0.1) is 0 Å². The van der Waals surface area contributed by atoms with Gasteiger partial charge in [-0.05, 0) is 93.2 Å². The number of fused-ring (bicyclic) bond motifs is 2. The van der Waals surface area contributed by atoms with Crippen molar-refractivity contribution in [3.05, 3.63) is 227 Å². The number of benzene rings is 4. The molecular weight excluding hydrogens is 1200 g/mol. The molecule has 0 radical (unpaired) electrons. The Kier molecular flexibility index (Phi) is 16.7. The number of primary amides is 2. The van der Waals surface area contributed by atoms with Gasteiger partial charge in [0, 0.05) is 13.1 Å². The first-order chi connectivity index (χ1) is 42.7. The lowest BCUT2D eigenvalue weighted by atomic mass is 10.0. The SMILES string of the molecule is NC(=O)[C@H](NC(=O)c1cc(C(=O)NCc2ccc(F)c(Nc3c(N)c(=O)c3=O)c2)n2c(=O)onc2n1)c1ccc(C(=O)O)cc1.NC(=O)[C@H](NC(=O)c1cc(C(=O)NCc2ccc(F)c(Nc3c(N)c(=O)c3=O)c2)nc2noc(=O)n12)c1ccc(C(=O)O)cc1. The molecule has 0 aliphatic rings. The van der Waals surface area contributed by atoms with Crippen LogP contribution in [0, 0.1) is 11.6 Å². The van der Waals surface area contributed by atoms with E-state index < -0.39 is 139 Å². The third-order valence-corrected chi connectivity index (χ3v) is 13.1. The van der Waals surface area contributed by atoms with E-state index in [0.29, 0.717) is 19.9 Å². The van der Waals surface area contributed by atoms with Gasteiger partial charge in [0.05, 0.1) is 22.5 Å². The molecular formula is C54H38F2N16O18. The van der Waals surface area contributed by atoms with Crippen molar-refractivity contribution < 1.29 is 66.4 Å². The zero-order valence-electron chi connectivity index (χ0n) is 45.0. The van der Waals surface area contributed by atoms with Crippen LogP contribution in [-0.2, 0) is 22.7 Å². The Labute approximate surface area is 494 Å². The van der Waals surface area contributed by atoms with E-state index in [-0.39, 0.29) is 69.5 Å². The molecule has 6 amide bonds. The first kappa shape index (κ1) is 61.1. The normalized spacial score (nSPS) is 11.7. The molecule has 16 N–H and O–H groups in total. The van der Waals surface area contributed by atoms with Crippen molar-refractivity contribution in [2.45, 2.75) is 25.2 Å². The van der Waals surface area contributed by atoms with E-state index in [1.54, 1.807) is 0 Å². The molecule has 0 bridgehead atoms. The number of nitrogens with one attached hydrogen (secondary N) is 6. The highest BCUT2D eigenvalue weighted by molar-refractivity contribution is 6.01. The third kappa shape index (κ3) is 12.4. The number of carboxylic acids is 2. The van der Waals surface area contributed by atoms with Gasteiger partial charge >= 0.3 is 23.5 Å². The van der Waals surface area contributed by atoms with Crippen LogP contribution in [0.15, 0.2) is 135 Å². The van der Waals surface area contributed by atoms with Crippen LogP contribution in [0.25, 0.3) is 11.6 Å². The van der Waals surface area contributed by atoms with Gasteiger partial charge in [0.25, 0.3) is 56.9 Å². The van der Waals surface area contributed by atoms with Crippen molar-refractivity contribution in [1.82, 2.24) is 50.3 Å². The van der Waals surface area contributed by atoms with Gasteiger partial charge in [-0.2, -0.15) is 0 Å². The second kappa shape index (κ2) is 24.6. The van der Waals surface area contributed by atoms with Crippen molar-refractivity contribution in [3.8, 4) is 0 Å². The minimum atomic E-state index is -1.47. The zero-order valence-corrected chi connectivity index (χ0v) is 45.0. The highest BCUT2D eigenvalue weighted by atomic mass is 19.1. The minimum absolute atomic E-state index is 0.0762.